The number of Topliss-reactive ketones (excluding diaryl/α,β-unsaturated/α-hetero) is 1. The molecular weight excluding hydrogens is 400 g/mol. The average Bonchev–Trinajstić information content (AvgIpc) is 3.03. The molecule has 0 aliphatic carbocycles. The highest BCUT2D eigenvalue weighted by molar-refractivity contribution is 9.09. The van der Waals surface area contributed by atoms with E-state index in [0.717, 1.165) is 10.0 Å². The Bertz CT molecular complexity index is 443. The lowest BCUT2D eigenvalue weighted by Gasteiger charge is -2.16. The Kier molecular flexibility index (Phi) is 5.47. The molecule has 2 unspecified atom stereocenters. The molecule has 0 radical (unpaired) electrons. The largest absolute Gasteiger partial charge is 0.298 e. The monoisotopic (exact) mass is 408 g/mol. The lowest BCUT2D eigenvalue weighted by atomic mass is 9.96. The highest BCUT2D eigenvalue weighted by Gasteiger charge is 2.30. The Hall–Kier alpha value is -0.110. The molecule has 0 aliphatic rings. The van der Waals surface area contributed by atoms with Crippen molar-refractivity contribution in [1.82, 2.24) is 9.97 Å². The first kappa shape index (κ1) is 14.3. The first-order valence-electron chi connectivity index (χ1n) is 5.22. The number of ketones is 1. The van der Waals surface area contributed by atoms with Crippen LogP contribution in [0.3, 0.4) is 0 Å². The van der Waals surface area contributed by atoms with Gasteiger partial charge in [0.15, 0.2) is 5.78 Å². The fourth-order valence-corrected chi connectivity index (χ4v) is 4.76. The minimum absolute atomic E-state index is 0.161. The maximum atomic E-state index is 12.6. The number of halogens is 2. The Balaban J connectivity index is 2.23. The van der Waals surface area contributed by atoms with E-state index in [2.05, 4.69) is 41.8 Å². The molecule has 0 bridgehead atoms. The number of nitrogens with zero attached hydrogens (tertiary/aromatic N) is 2. The molecule has 2 aromatic rings. The second-order valence-corrected chi connectivity index (χ2v) is 6.70. The lowest BCUT2D eigenvalue weighted by molar-refractivity contribution is -0.121. The Labute approximate surface area is 130 Å². The third-order valence-electron chi connectivity index (χ3n) is 2.49. The molecule has 2 atom stereocenters. The van der Waals surface area contributed by atoms with Crippen molar-refractivity contribution in [1.29, 1.82) is 0 Å². The zero-order chi connectivity index (χ0) is 13.0. The third-order valence-corrected chi connectivity index (χ3v) is 5.57. The summed E-state index contributed by atoms with van der Waals surface area (Å²) in [5.74, 6) is -0.235. The minimum atomic E-state index is -0.198. The molecule has 0 amide bonds. The van der Waals surface area contributed by atoms with Crippen LogP contribution < -0.4 is 0 Å². The van der Waals surface area contributed by atoms with Crippen LogP contribution in [-0.2, 0) is 4.79 Å². The summed E-state index contributed by atoms with van der Waals surface area (Å²) in [7, 11) is 0. The van der Waals surface area contributed by atoms with Gasteiger partial charge >= 0.3 is 0 Å². The molecule has 96 valence electrons. The number of carbonyl (C=O) groups excluding carboxylic acids is 1. The SMILES string of the molecule is O=C(C(CBr)c1nccs1)C(CBr)c1nccs1. The number of rotatable bonds is 6. The smallest absolute Gasteiger partial charge is 0.154 e. The standard InChI is InChI=1S/C11H10Br2N2OS2/c12-5-7(10-14-1-3-17-10)9(16)8(6-13)11-15-2-4-18-11/h1-4,7-8H,5-6H2. The first-order chi connectivity index (χ1) is 8.77. The van der Waals surface area contributed by atoms with E-state index in [1.165, 1.54) is 22.7 Å². The van der Waals surface area contributed by atoms with E-state index in [4.69, 9.17) is 0 Å². The predicted octanol–water partition coefficient (Wildman–Crippen LogP) is 3.83. The first-order valence-corrected chi connectivity index (χ1v) is 9.22. The van der Waals surface area contributed by atoms with Gasteiger partial charge in [-0.3, -0.25) is 4.79 Å². The fraction of sp³-hybridized carbons (Fsp3) is 0.364. The highest BCUT2D eigenvalue weighted by atomic mass is 79.9. The van der Waals surface area contributed by atoms with E-state index in [1.54, 1.807) is 12.4 Å². The highest BCUT2D eigenvalue weighted by Crippen LogP contribution is 2.31. The topological polar surface area (TPSA) is 42.9 Å². The van der Waals surface area contributed by atoms with Crippen LogP contribution in [-0.4, -0.2) is 26.4 Å². The molecule has 0 spiro atoms. The molecular formula is C11H10Br2N2OS2. The Morgan fingerprint density at radius 2 is 1.50 bits per heavy atom. The van der Waals surface area contributed by atoms with Gasteiger partial charge in [-0.15, -0.1) is 22.7 Å². The van der Waals surface area contributed by atoms with Gasteiger partial charge in [-0.1, -0.05) is 31.9 Å². The van der Waals surface area contributed by atoms with E-state index in [1.807, 2.05) is 10.8 Å². The second-order valence-electron chi connectivity index (χ2n) is 3.56. The van der Waals surface area contributed by atoms with Crippen LogP contribution in [0.15, 0.2) is 23.2 Å². The Morgan fingerprint density at radius 1 is 1.06 bits per heavy atom. The van der Waals surface area contributed by atoms with E-state index in [9.17, 15) is 4.79 Å². The van der Waals surface area contributed by atoms with Crippen molar-refractivity contribution in [2.75, 3.05) is 10.7 Å². The summed E-state index contributed by atoms with van der Waals surface area (Å²) in [5, 5.41) is 6.69. The van der Waals surface area contributed by atoms with Crippen molar-refractivity contribution >= 4 is 60.3 Å². The molecule has 2 aromatic heterocycles. The molecule has 0 aliphatic heterocycles. The lowest BCUT2D eigenvalue weighted by Crippen LogP contribution is -2.22. The van der Waals surface area contributed by atoms with Crippen LogP contribution in [0.5, 0.6) is 0 Å². The summed E-state index contributed by atoms with van der Waals surface area (Å²) in [4.78, 5) is 21.1. The molecule has 7 heteroatoms. The summed E-state index contributed by atoms with van der Waals surface area (Å²) in [6, 6.07) is 0. The molecule has 0 saturated heterocycles. The molecule has 2 heterocycles. The number of alkyl halides is 2. The number of aromatic nitrogens is 2. The normalized spacial score (nSPS) is 14.3. The van der Waals surface area contributed by atoms with E-state index in [-0.39, 0.29) is 17.6 Å². The van der Waals surface area contributed by atoms with Crippen LogP contribution in [0, 0.1) is 0 Å². The van der Waals surface area contributed by atoms with Crippen molar-refractivity contribution in [3.05, 3.63) is 33.2 Å². The van der Waals surface area contributed by atoms with Gasteiger partial charge in [-0.05, 0) is 0 Å². The van der Waals surface area contributed by atoms with Gasteiger partial charge in [0.25, 0.3) is 0 Å². The van der Waals surface area contributed by atoms with Gasteiger partial charge in [0, 0.05) is 33.8 Å². The number of carbonyl (C=O) groups is 1. The summed E-state index contributed by atoms with van der Waals surface area (Å²) < 4.78 is 0. The minimum Gasteiger partial charge on any atom is -0.298 e. The average molecular weight is 410 g/mol. The van der Waals surface area contributed by atoms with Gasteiger partial charge in [0.05, 0.1) is 11.8 Å². The molecule has 0 saturated carbocycles. The van der Waals surface area contributed by atoms with Crippen LogP contribution in [0.1, 0.15) is 21.9 Å². The van der Waals surface area contributed by atoms with Crippen molar-refractivity contribution in [3.8, 4) is 0 Å². The van der Waals surface area contributed by atoms with E-state index >= 15 is 0 Å². The van der Waals surface area contributed by atoms with Crippen molar-refractivity contribution in [3.63, 3.8) is 0 Å². The van der Waals surface area contributed by atoms with Gasteiger partial charge in [0.1, 0.15) is 10.0 Å². The van der Waals surface area contributed by atoms with Crippen LogP contribution >= 0.6 is 54.5 Å². The molecule has 0 N–H and O–H groups in total. The van der Waals surface area contributed by atoms with Gasteiger partial charge in [-0.25, -0.2) is 9.97 Å². The quantitative estimate of drug-likeness (QED) is 0.681. The van der Waals surface area contributed by atoms with Crippen LogP contribution in [0.4, 0.5) is 0 Å². The van der Waals surface area contributed by atoms with Crippen molar-refractivity contribution in [2.24, 2.45) is 0 Å². The number of thiazole rings is 2. The molecule has 0 aromatic carbocycles. The maximum Gasteiger partial charge on any atom is 0.154 e. The molecule has 2 rings (SSSR count). The summed E-state index contributed by atoms with van der Waals surface area (Å²) in [6.07, 6.45) is 3.46. The zero-order valence-electron chi connectivity index (χ0n) is 9.25. The second kappa shape index (κ2) is 6.88. The van der Waals surface area contributed by atoms with Crippen LogP contribution in [0.2, 0.25) is 0 Å². The van der Waals surface area contributed by atoms with Gasteiger partial charge < -0.3 is 0 Å². The zero-order valence-corrected chi connectivity index (χ0v) is 14.1. The number of hydrogen-bond acceptors (Lipinski definition) is 5. The fourth-order valence-electron chi connectivity index (χ4n) is 1.58. The van der Waals surface area contributed by atoms with E-state index in [0.29, 0.717) is 10.7 Å². The van der Waals surface area contributed by atoms with Crippen molar-refractivity contribution < 1.29 is 4.79 Å². The summed E-state index contributed by atoms with van der Waals surface area (Å²) in [5.41, 5.74) is 0. The molecule has 3 nitrogen and oxygen atoms in total. The molecule has 0 fully saturated rings. The maximum absolute atomic E-state index is 12.6. The molecule has 18 heavy (non-hydrogen) atoms. The van der Waals surface area contributed by atoms with Crippen LogP contribution in [0.25, 0.3) is 0 Å². The van der Waals surface area contributed by atoms with Gasteiger partial charge in [0.2, 0.25) is 0 Å². The Morgan fingerprint density at radius 3 is 1.78 bits per heavy atom. The van der Waals surface area contributed by atoms with Crippen molar-refractivity contribution in [2.45, 2.75) is 11.8 Å². The third kappa shape index (κ3) is 3.07. The van der Waals surface area contributed by atoms with Gasteiger partial charge in [-0.2, -0.15) is 0 Å². The van der Waals surface area contributed by atoms with E-state index < -0.39 is 0 Å². The summed E-state index contributed by atoms with van der Waals surface area (Å²) >= 11 is 9.85. The number of hydrogen-bond donors (Lipinski definition) is 0. The predicted molar refractivity (Wildman–Crippen MR) is 82.3 cm³/mol. The summed E-state index contributed by atoms with van der Waals surface area (Å²) in [6.45, 7) is 0.